The zero-order chi connectivity index (χ0) is 23.0. The number of halogens is 3. The molecule has 1 aromatic heterocycles. The molecule has 0 unspecified atom stereocenters. The van der Waals surface area contributed by atoms with Crippen LogP contribution in [0.25, 0.3) is 10.9 Å². The number of H-pyrrole nitrogens is 1. The predicted molar refractivity (Wildman–Crippen MR) is 123 cm³/mol. The molecular formula is C21H21Cl2FN4O3S. The lowest BCUT2D eigenvalue weighted by molar-refractivity contribution is 0.0928. The van der Waals surface area contributed by atoms with E-state index in [2.05, 4.69) is 19.9 Å². The Labute approximate surface area is 194 Å². The fraction of sp³-hybridized carbons (Fsp3) is 0.286. The molecule has 1 aliphatic heterocycles. The Kier molecular flexibility index (Phi) is 6.35. The Morgan fingerprint density at radius 1 is 1.22 bits per heavy atom. The van der Waals surface area contributed by atoms with E-state index in [-0.39, 0.29) is 11.3 Å². The van der Waals surface area contributed by atoms with E-state index < -0.39 is 26.6 Å². The van der Waals surface area contributed by atoms with Gasteiger partial charge in [0, 0.05) is 31.2 Å². The minimum Gasteiger partial charge on any atom is -0.358 e. The summed E-state index contributed by atoms with van der Waals surface area (Å²) in [6.07, 6.45) is 2.26. The first-order chi connectivity index (χ1) is 15.2. The van der Waals surface area contributed by atoms with Gasteiger partial charge in [-0.15, -0.1) is 0 Å². The lowest BCUT2D eigenvalue weighted by Crippen LogP contribution is -2.45. The highest BCUT2D eigenvalue weighted by atomic mass is 35.5. The molecule has 2 heterocycles. The summed E-state index contributed by atoms with van der Waals surface area (Å²) in [6, 6.07) is 6.62. The summed E-state index contributed by atoms with van der Waals surface area (Å²) >= 11 is 12.2. The molecule has 1 saturated heterocycles. The molecule has 0 aliphatic carbocycles. The van der Waals surface area contributed by atoms with E-state index in [1.165, 1.54) is 30.5 Å². The fourth-order valence-corrected chi connectivity index (χ4v) is 5.57. The van der Waals surface area contributed by atoms with Crippen molar-refractivity contribution in [1.82, 2.24) is 15.2 Å². The quantitative estimate of drug-likeness (QED) is 0.457. The number of fused-ring (bicyclic) bond motifs is 1. The zero-order valence-electron chi connectivity index (χ0n) is 17.1. The minimum atomic E-state index is -4.35. The second-order valence-corrected chi connectivity index (χ2v) is 10.3. The summed E-state index contributed by atoms with van der Waals surface area (Å²) in [5, 5.41) is 3.78. The number of carbonyl (C=O) groups is 1. The Morgan fingerprint density at radius 3 is 2.69 bits per heavy atom. The van der Waals surface area contributed by atoms with Crippen molar-refractivity contribution in [3.63, 3.8) is 0 Å². The Bertz CT molecular complexity index is 1290. The van der Waals surface area contributed by atoms with Crippen molar-refractivity contribution in [2.75, 3.05) is 31.4 Å². The summed E-state index contributed by atoms with van der Waals surface area (Å²) in [5.74, 6) is -1.27. The van der Waals surface area contributed by atoms with Crippen molar-refractivity contribution in [2.24, 2.45) is 5.92 Å². The number of rotatable bonds is 7. The van der Waals surface area contributed by atoms with Crippen LogP contribution in [0.15, 0.2) is 41.4 Å². The average molecular weight is 499 g/mol. The van der Waals surface area contributed by atoms with Gasteiger partial charge < -0.3 is 15.2 Å². The smallest absolute Gasteiger partial charge is 0.264 e. The molecule has 0 atom stereocenters. The topological polar surface area (TPSA) is 94.3 Å². The maximum absolute atomic E-state index is 15.1. The van der Waals surface area contributed by atoms with Gasteiger partial charge in [-0.3, -0.25) is 9.52 Å². The molecule has 7 nitrogen and oxygen atoms in total. The maximum atomic E-state index is 15.1. The van der Waals surface area contributed by atoms with Gasteiger partial charge in [-0.1, -0.05) is 29.3 Å². The number of aromatic nitrogens is 1. The number of nitrogens with zero attached hydrogens (tertiary/aromatic N) is 1. The van der Waals surface area contributed by atoms with Gasteiger partial charge in [0.1, 0.15) is 4.90 Å². The van der Waals surface area contributed by atoms with E-state index >= 15 is 4.39 Å². The molecule has 4 rings (SSSR count). The number of benzene rings is 2. The van der Waals surface area contributed by atoms with Crippen LogP contribution in [-0.2, 0) is 10.0 Å². The van der Waals surface area contributed by atoms with Crippen molar-refractivity contribution in [3.05, 3.63) is 58.0 Å². The van der Waals surface area contributed by atoms with Crippen molar-refractivity contribution in [1.29, 1.82) is 0 Å². The van der Waals surface area contributed by atoms with Crippen LogP contribution in [0.5, 0.6) is 0 Å². The van der Waals surface area contributed by atoms with Gasteiger partial charge in [0.25, 0.3) is 15.9 Å². The first kappa shape index (κ1) is 22.8. The molecule has 0 radical (unpaired) electrons. The van der Waals surface area contributed by atoms with Gasteiger partial charge in [0.05, 0.1) is 26.8 Å². The Morgan fingerprint density at radius 2 is 1.97 bits per heavy atom. The summed E-state index contributed by atoms with van der Waals surface area (Å²) in [5.41, 5.74) is 0.181. The minimum absolute atomic E-state index is 0.149. The first-order valence-electron chi connectivity index (χ1n) is 9.90. The standard InChI is InChI=1S/C21H21Cl2FN4O3S/c1-28-10-12(11-28)7-8-25-21(29)13-3-2-4-17(19(13)24)32(30,31)27-16-6-5-14(22)18-15(23)9-26-20(16)18/h2-6,9,12,26-27H,7-8,10-11H2,1H3,(H,25,29). The third kappa shape index (κ3) is 4.43. The van der Waals surface area contributed by atoms with Gasteiger partial charge in [0.15, 0.2) is 5.82 Å². The molecule has 0 spiro atoms. The summed E-state index contributed by atoms with van der Waals surface area (Å²) in [7, 11) is -2.33. The van der Waals surface area contributed by atoms with Crippen LogP contribution >= 0.6 is 23.2 Å². The fourth-order valence-electron chi connectivity index (χ4n) is 3.84. The maximum Gasteiger partial charge on any atom is 0.264 e. The van der Waals surface area contributed by atoms with Crippen molar-refractivity contribution in [2.45, 2.75) is 11.3 Å². The molecule has 0 saturated carbocycles. The highest BCUT2D eigenvalue weighted by Crippen LogP contribution is 2.35. The van der Waals surface area contributed by atoms with Crippen LogP contribution in [0.2, 0.25) is 10.0 Å². The average Bonchev–Trinajstić information content (AvgIpc) is 3.11. The van der Waals surface area contributed by atoms with Crippen molar-refractivity contribution >= 4 is 55.7 Å². The van der Waals surface area contributed by atoms with Crippen LogP contribution in [-0.4, -0.2) is 50.9 Å². The molecule has 0 bridgehead atoms. The van der Waals surface area contributed by atoms with Crippen LogP contribution < -0.4 is 10.0 Å². The SMILES string of the molecule is CN1CC(CCNC(=O)c2cccc(S(=O)(=O)Nc3ccc(Cl)c4c(Cl)c[nH]c34)c2F)C1. The Hall–Kier alpha value is -2.33. The molecule has 1 amide bonds. The van der Waals surface area contributed by atoms with E-state index in [4.69, 9.17) is 23.2 Å². The number of likely N-dealkylation sites (tertiary alicyclic amines) is 1. The van der Waals surface area contributed by atoms with E-state index in [9.17, 15) is 13.2 Å². The lowest BCUT2D eigenvalue weighted by Gasteiger charge is -2.36. The number of nitrogens with one attached hydrogen (secondary N) is 3. The van der Waals surface area contributed by atoms with Gasteiger partial charge in [-0.25, -0.2) is 12.8 Å². The Balaban J connectivity index is 1.54. The first-order valence-corrected chi connectivity index (χ1v) is 12.1. The van der Waals surface area contributed by atoms with Crippen LogP contribution in [0.3, 0.4) is 0 Å². The van der Waals surface area contributed by atoms with Crippen LogP contribution in [0, 0.1) is 11.7 Å². The van der Waals surface area contributed by atoms with Crippen LogP contribution in [0.4, 0.5) is 10.1 Å². The number of carbonyl (C=O) groups excluding carboxylic acids is 1. The molecule has 3 N–H and O–H groups in total. The summed E-state index contributed by atoms with van der Waals surface area (Å²) < 4.78 is 43.3. The van der Waals surface area contributed by atoms with Gasteiger partial charge >= 0.3 is 0 Å². The zero-order valence-corrected chi connectivity index (χ0v) is 19.4. The number of anilines is 1. The van der Waals surface area contributed by atoms with Gasteiger partial charge in [-0.05, 0) is 43.7 Å². The highest BCUT2D eigenvalue weighted by molar-refractivity contribution is 7.92. The molecule has 11 heteroatoms. The third-order valence-electron chi connectivity index (χ3n) is 5.46. The molecule has 3 aromatic rings. The number of aromatic amines is 1. The number of hydrogen-bond donors (Lipinski definition) is 3. The summed E-state index contributed by atoms with van der Waals surface area (Å²) in [4.78, 5) is 16.9. The molecular weight excluding hydrogens is 478 g/mol. The number of hydrogen-bond acceptors (Lipinski definition) is 4. The lowest BCUT2D eigenvalue weighted by atomic mass is 9.97. The predicted octanol–water partition coefficient (Wildman–Crippen LogP) is 4.10. The highest BCUT2D eigenvalue weighted by Gasteiger charge is 2.26. The molecule has 170 valence electrons. The van der Waals surface area contributed by atoms with Gasteiger partial charge in [-0.2, -0.15) is 0 Å². The molecule has 32 heavy (non-hydrogen) atoms. The van der Waals surface area contributed by atoms with E-state index in [0.29, 0.717) is 33.4 Å². The number of amides is 1. The summed E-state index contributed by atoms with van der Waals surface area (Å²) in [6.45, 7) is 2.32. The number of sulfonamides is 1. The molecule has 1 aliphatic rings. The largest absolute Gasteiger partial charge is 0.358 e. The third-order valence-corrected chi connectivity index (χ3v) is 7.45. The second-order valence-electron chi connectivity index (χ2n) is 7.84. The normalized spacial score (nSPS) is 15.0. The molecule has 2 aromatic carbocycles. The van der Waals surface area contributed by atoms with E-state index in [0.717, 1.165) is 25.6 Å². The monoisotopic (exact) mass is 498 g/mol. The second kappa shape index (κ2) is 8.90. The van der Waals surface area contributed by atoms with Gasteiger partial charge in [0.2, 0.25) is 0 Å². The van der Waals surface area contributed by atoms with E-state index in [1.807, 2.05) is 7.05 Å². The van der Waals surface area contributed by atoms with Crippen molar-refractivity contribution in [3.8, 4) is 0 Å². The van der Waals surface area contributed by atoms with Crippen molar-refractivity contribution < 1.29 is 17.6 Å². The van der Waals surface area contributed by atoms with E-state index in [1.54, 1.807) is 0 Å². The van der Waals surface area contributed by atoms with Crippen LogP contribution in [0.1, 0.15) is 16.8 Å². The molecule has 1 fully saturated rings.